The summed E-state index contributed by atoms with van der Waals surface area (Å²) in [6.07, 6.45) is 2.06. The van der Waals surface area contributed by atoms with Crippen LogP contribution in [-0.2, 0) is 22.6 Å². The predicted octanol–water partition coefficient (Wildman–Crippen LogP) is 3.53. The number of Topliss-reactive ketones (excluding diaryl/α,β-unsaturated/α-hetero) is 1. The van der Waals surface area contributed by atoms with E-state index in [9.17, 15) is 19.5 Å². The molecule has 5 rings (SSSR count). The number of H-pyrrole nitrogens is 1. The molecule has 38 heavy (non-hydrogen) atoms. The number of hydrogen-bond donors (Lipinski definition) is 2. The van der Waals surface area contributed by atoms with Crippen molar-refractivity contribution in [2.45, 2.75) is 64.8 Å². The first-order chi connectivity index (χ1) is 18.2. The fourth-order valence-electron chi connectivity index (χ4n) is 5.72. The minimum Gasteiger partial charge on any atom is -0.391 e. The molecule has 2 aliphatic rings. The number of aryl methyl sites for hydroxylation is 2. The fraction of sp³-hybridized carbons (Fsp3) is 0.400. The summed E-state index contributed by atoms with van der Waals surface area (Å²) < 4.78 is 0. The molecule has 0 aliphatic carbocycles. The molecule has 0 radical (unpaired) electrons. The summed E-state index contributed by atoms with van der Waals surface area (Å²) in [6, 6.07) is 14.0. The van der Waals surface area contributed by atoms with Crippen molar-refractivity contribution in [1.82, 2.24) is 20.0 Å². The van der Waals surface area contributed by atoms with Crippen LogP contribution < -0.4 is 0 Å². The Bertz CT molecular complexity index is 1350. The first kappa shape index (κ1) is 25.9. The number of amides is 2. The molecule has 0 saturated carbocycles. The molecule has 3 heterocycles. The van der Waals surface area contributed by atoms with E-state index in [2.05, 4.69) is 10.2 Å². The molecule has 3 atom stereocenters. The van der Waals surface area contributed by atoms with Crippen LogP contribution in [0.4, 0.5) is 0 Å². The van der Waals surface area contributed by atoms with Crippen molar-refractivity contribution in [3.05, 3.63) is 77.0 Å². The van der Waals surface area contributed by atoms with E-state index in [0.717, 1.165) is 27.9 Å². The van der Waals surface area contributed by atoms with E-state index in [1.807, 2.05) is 63.2 Å². The van der Waals surface area contributed by atoms with Gasteiger partial charge in [0.2, 0.25) is 5.91 Å². The summed E-state index contributed by atoms with van der Waals surface area (Å²) in [7, 11) is 0. The third-order valence-electron chi connectivity index (χ3n) is 7.73. The molecule has 2 aromatic carbocycles. The van der Waals surface area contributed by atoms with Gasteiger partial charge in [-0.2, -0.15) is 5.10 Å². The van der Waals surface area contributed by atoms with Gasteiger partial charge in [-0.1, -0.05) is 56.3 Å². The van der Waals surface area contributed by atoms with Crippen molar-refractivity contribution >= 4 is 17.6 Å². The van der Waals surface area contributed by atoms with Gasteiger partial charge in [-0.15, -0.1) is 0 Å². The van der Waals surface area contributed by atoms with Gasteiger partial charge >= 0.3 is 0 Å². The quantitative estimate of drug-likeness (QED) is 0.478. The Morgan fingerprint density at radius 3 is 2.53 bits per heavy atom. The van der Waals surface area contributed by atoms with Crippen LogP contribution in [0.1, 0.15) is 53.7 Å². The van der Waals surface area contributed by atoms with E-state index in [1.165, 1.54) is 4.90 Å². The number of aliphatic hydroxyl groups is 1. The number of benzene rings is 2. The lowest BCUT2D eigenvalue weighted by molar-refractivity contribution is -0.142. The molecule has 8 heteroatoms. The van der Waals surface area contributed by atoms with Crippen molar-refractivity contribution in [1.29, 1.82) is 0 Å². The highest BCUT2D eigenvalue weighted by Crippen LogP contribution is 2.30. The third kappa shape index (κ3) is 4.88. The zero-order valence-corrected chi connectivity index (χ0v) is 22.1. The molecule has 2 N–H and O–H groups in total. The SMILES string of the molecule is Cc1cn[nH]c1-c1ccc(CCC(=O)[C@@H]2C[C@@H](O)CN2C(=O)[C@H](C(C)C)N2Cc3ccccc3C2=O)cc1. The van der Waals surface area contributed by atoms with Gasteiger partial charge in [0.25, 0.3) is 5.91 Å². The van der Waals surface area contributed by atoms with Crippen LogP contribution in [0.15, 0.2) is 54.7 Å². The summed E-state index contributed by atoms with van der Waals surface area (Å²) in [4.78, 5) is 43.5. The van der Waals surface area contributed by atoms with Gasteiger partial charge in [0.1, 0.15) is 6.04 Å². The number of ketones is 1. The summed E-state index contributed by atoms with van der Waals surface area (Å²) in [5.41, 5.74) is 5.62. The van der Waals surface area contributed by atoms with Crippen LogP contribution in [0.5, 0.6) is 0 Å². The molecule has 3 aromatic rings. The second-order valence-electron chi connectivity index (χ2n) is 10.8. The Hall–Kier alpha value is -3.78. The second kappa shape index (κ2) is 10.5. The molecule has 0 bridgehead atoms. The van der Waals surface area contributed by atoms with Gasteiger partial charge in [-0.25, -0.2) is 0 Å². The van der Waals surface area contributed by atoms with Gasteiger partial charge in [0.05, 0.1) is 24.0 Å². The molecule has 2 aliphatic heterocycles. The molecule has 1 saturated heterocycles. The van der Waals surface area contributed by atoms with E-state index in [0.29, 0.717) is 18.5 Å². The Balaban J connectivity index is 1.27. The molecule has 1 fully saturated rings. The maximum Gasteiger partial charge on any atom is 0.255 e. The van der Waals surface area contributed by atoms with E-state index >= 15 is 0 Å². The molecule has 198 valence electrons. The number of aromatic nitrogens is 2. The number of carbonyl (C=O) groups is 3. The van der Waals surface area contributed by atoms with Gasteiger partial charge in [0.15, 0.2) is 5.78 Å². The molecule has 8 nitrogen and oxygen atoms in total. The number of nitrogens with zero attached hydrogens (tertiary/aromatic N) is 3. The summed E-state index contributed by atoms with van der Waals surface area (Å²) >= 11 is 0. The van der Waals surface area contributed by atoms with Crippen LogP contribution >= 0.6 is 0 Å². The summed E-state index contributed by atoms with van der Waals surface area (Å²) in [5.74, 6) is -0.646. The lowest BCUT2D eigenvalue weighted by atomic mass is 9.97. The molecule has 1 aromatic heterocycles. The lowest BCUT2D eigenvalue weighted by Crippen LogP contribution is -2.54. The van der Waals surface area contributed by atoms with E-state index in [1.54, 1.807) is 17.2 Å². The van der Waals surface area contributed by atoms with Crippen molar-refractivity contribution in [3.8, 4) is 11.3 Å². The Labute approximate surface area is 222 Å². The standard InChI is InChI=1S/C30H34N4O4/c1-18(2)28(34-16-22-6-4-5-7-24(22)29(34)37)30(38)33-17-23(35)14-25(33)26(36)13-10-20-8-11-21(12-9-20)27-19(3)15-31-32-27/h4-9,11-12,15,18,23,25,28,35H,10,13-14,16-17H2,1-3H3,(H,31,32)/t23-,25+,28+/m1/s1. The largest absolute Gasteiger partial charge is 0.391 e. The number of hydrogen-bond acceptors (Lipinski definition) is 5. The van der Waals surface area contributed by atoms with Crippen LogP contribution in [-0.4, -0.2) is 67.4 Å². The molecular formula is C30H34N4O4. The maximum absolute atomic E-state index is 13.8. The number of aromatic amines is 1. The fourth-order valence-corrected chi connectivity index (χ4v) is 5.72. The second-order valence-corrected chi connectivity index (χ2v) is 10.8. The highest BCUT2D eigenvalue weighted by molar-refractivity contribution is 6.01. The van der Waals surface area contributed by atoms with E-state index in [4.69, 9.17) is 0 Å². The van der Waals surface area contributed by atoms with E-state index in [-0.39, 0.29) is 42.9 Å². The molecular weight excluding hydrogens is 480 g/mol. The Morgan fingerprint density at radius 1 is 1.13 bits per heavy atom. The van der Waals surface area contributed by atoms with Crippen LogP contribution in [0.3, 0.4) is 0 Å². The van der Waals surface area contributed by atoms with Crippen LogP contribution in [0.25, 0.3) is 11.3 Å². The first-order valence-corrected chi connectivity index (χ1v) is 13.2. The Kier molecular flexibility index (Phi) is 7.17. The maximum atomic E-state index is 13.8. The number of likely N-dealkylation sites (tertiary alicyclic amines) is 1. The van der Waals surface area contributed by atoms with Gasteiger partial charge in [-0.05, 0) is 47.6 Å². The first-order valence-electron chi connectivity index (χ1n) is 13.2. The number of fused-ring (bicyclic) bond motifs is 1. The minimum atomic E-state index is -0.760. The number of rotatable bonds is 8. The van der Waals surface area contributed by atoms with Crippen molar-refractivity contribution < 1.29 is 19.5 Å². The number of nitrogens with one attached hydrogen (secondary N) is 1. The monoisotopic (exact) mass is 514 g/mol. The zero-order valence-electron chi connectivity index (χ0n) is 22.1. The zero-order chi connectivity index (χ0) is 27.0. The van der Waals surface area contributed by atoms with Crippen molar-refractivity contribution in [3.63, 3.8) is 0 Å². The Morgan fingerprint density at radius 2 is 1.87 bits per heavy atom. The molecule has 2 amide bonds. The highest BCUT2D eigenvalue weighted by atomic mass is 16.3. The number of aliphatic hydroxyl groups excluding tert-OH is 1. The number of β-amino-alcohol motifs (C(OH)–C–C–N with tert-alkyl or cyclic N) is 1. The average molecular weight is 515 g/mol. The van der Waals surface area contributed by atoms with Gasteiger partial charge < -0.3 is 14.9 Å². The van der Waals surface area contributed by atoms with Crippen LogP contribution in [0, 0.1) is 12.8 Å². The topological polar surface area (TPSA) is 107 Å². The lowest BCUT2D eigenvalue weighted by Gasteiger charge is -2.35. The van der Waals surface area contributed by atoms with Gasteiger partial charge in [0, 0.05) is 31.5 Å². The van der Waals surface area contributed by atoms with E-state index < -0.39 is 18.2 Å². The average Bonchev–Trinajstić information content (AvgIpc) is 3.60. The van der Waals surface area contributed by atoms with Crippen LogP contribution in [0.2, 0.25) is 0 Å². The third-order valence-corrected chi connectivity index (χ3v) is 7.73. The predicted molar refractivity (Wildman–Crippen MR) is 143 cm³/mol. The number of carbonyl (C=O) groups excluding carboxylic acids is 3. The van der Waals surface area contributed by atoms with Gasteiger partial charge in [-0.3, -0.25) is 19.5 Å². The smallest absolute Gasteiger partial charge is 0.255 e. The molecule has 0 spiro atoms. The van der Waals surface area contributed by atoms with Crippen molar-refractivity contribution in [2.75, 3.05) is 6.54 Å². The minimum absolute atomic E-state index is 0.0677. The summed E-state index contributed by atoms with van der Waals surface area (Å²) in [6.45, 7) is 6.29. The van der Waals surface area contributed by atoms with Crippen molar-refractivity contribution in [2.24, 2.45) is 5.92 Å². The normalized spacial score (nSPS) is 19.8. The highest BCUT2D eigenvalue weighted by Gasteiger charge is 2.45. The summed E-state index contributed by atoms with van der Waals surface area (Å²) in [5, 5.41) is 17.5. The molecule has 0 unspecified atom stereocenters.